The Kier molecular flexibility index (Phi) is 6.43. The first kappa shape index (κ1) is 16.6. The Morgan fingerprint density at radius 2 is 2.00 bits per heavy atom. The fourth-order valence-electron chi connectivity index (χ4n) is 1.72. The molecule has 0 saturated carbocycles. The van der Waals surface area contributed by atoms with Crippen LogP contribution in [0.2, 0.25) is 0 Å². The van der Waals surface area contributed by atoms with E-state index in [0.717, 1.165) is 24.6 Å². The highest BCUT2D eigenvalue weighted by Gasteiger charge is 2.15. The van der Waals surface area contributed by atoms with Gasteiger partial charge in [0.15, 0.2) is 0 Å². The van der Waals surface area contributed by atoms with Gasteiger partial charge in [-0.2, -0.15) is 0 Å². The maximum absolute atomic E-state index is 5.47. The first-order valence-corrected chi connectivity index (χ1v) is 7.93. The van der Waals surface area contributed by atoms with Gasteiger partial charge in [0.1, 0.15) is 5.01 Å². The van der Waals surface area contributed by atoms with Gasteiger partial charge in [-0.05, 0) is 40.0 Å². The van der Waals surface area contributed by atoms with Crippen LogP contribution in [0, 0.1) is 5.92 Å². The van der Waals surface area contributed by atoms with E-state index in [0.29, 0.717) is 12.5 Å². The SMILES string of the molecule is CCOCc1nc(CC(C)C)c(CNC(C)(C)C)s1. The van der Waals surface area contributed by atoms with Crippen molar-refractivity contribution in [2.45, 2.75) is 66.7 Å². The molecule has 0 saturated heterocycles. The average molecular weight is 284 g/mol. The summed E-state index contributed by atoms with van der Waals surface area (Å²) in [5.41, 5.74) is 1.38. The van der Waals surface area contributed by atoms with Crippen molar-refractivity contribution in [2.75, 3.05) is 6.61 Å². The molecule has 0 spiro atoms. The van der Waals surface area contributed by atoms with Crippen molar-refractivity contribution >= 4 is 11.3 Å². The van der Waals surface area contributed by atoms with Crippen LogP contribution in [0.5, 0.6) is 0 Å². The number of rotatable bonds is 7. The molecule has 1 rings (SSSR count). The highest BCUT2D eigenvalue weighted by molar-refractivity contribution is 7.11. The molecule has 1 aromatic heterocycles. The quantitative estimate of drug-likeness (QED) is 0.827. The van der Waals surface area contributed by atoms with Crippen molar-refractivity contribution in [3.05, 3.63) is 15.6 Å². The molecule has 0 aliphatic rings. The molecule has 0 aromatic carbocycles. The fourth-order valence-corrected chi connectivity index (χ4v) is 2.69. The summed E-state index contributed by atoms with van der Waals surface area (Å²) in [5, 5.41) is 4.65. The third-order valence-electron chi connectivity index (χ3n) is 2.63. The van der Waals surface area contributed by atoms with Gasteiger partial charge < -0.3 is 10.1 Å². The van der Waals surface area contributed by atoms with Crippen LogP contribution < -0.4 is 5.32 Å². The van der Waals surface area contributed by atoms with Gasteiger partial charge in [-0.15, -0.1) is 11.3 Å². The Hall–Kier alpha value is -0.450. The topological polar surface area (TPSA) is 34.1 Å². The lowest BCUT2D eigenvalue weighted by Gasteiger charge is -2.20. The van der Waals surface area contributed by atoms with E-state index >= 15 is 0 Å². The molecule has 1 heterocycles. The second-order valence-electron chi connectivity index (χ2n) is 6.32. The van der Waals surface area contributed by atoms with Crippen molar-refractivity contribution in [3.8, 4) is 0 Å². The summed E-state index contributed by atoms with van der Waals surface area (Å²) in [7, 11) is 0. The lowest BCUT2D eigenvalue weighted by Crippen LogP contribution is -2.35. The molecule has 4 heteroatoms. The summed E-state index contributed by atoms with van der Waals surface area (Å²) in [5.74, 6) is 0.635. The molecule has 110 valence electrons. The Balaban J connectivity index is 2.76. The van der Waals surface area contributed by atoms with Crippen LogP contribution in [0.25, 0.3) is 0 Å². The first-order valence-electron chi connectivity index (χ1n) is 7.12. The van der Waals surface area contributed by atoms with Gasteiger partial charge in [-0.25, -0.2) is 4.98 Å². The lowest BCUT2D eigenvalue weighted by atomic mass is 10.1. The van der Waals surface area contributed by atoms with Gasteiger partial charge in [0.05, 0.1) is 12.3 Å². The summed E-state index contributed by atoms with van der Waals surface area (Å²) in [6.45, 7) is 15.4. The average Bonchev–Trinajstić information content (AvgIpc) is 2.64. The molecule has 0 atom stereocenters. The third-order valence-corrected chi connectivity index (χ3v) is 3.70. The predicted molar refractivity (Wildman–Crippen MR) is 82.6 cm³/mol. The number of aromatic nitrogens is 1. The molecular formula is C15H28N2OS. The summed E-state index contributed by atoms with van der Waals surface area (Å²) < 4.78 is 5.47. The normalized spacial score (nSPS) is 12.4. The highest BCUT2D eigenvalue weighted by Crippen LogP contribution is 2.22. The molecule has 0 aliphatic heterocycles. The Bertz CT molecular complexity index is 380. The van der Waals surface area contributed by atoms with E-state index in [1.165, 1.54) is 10.6 Å². The van der Waals surface area contributed by atoms with Gasteiger partial charge in [-0.1, -0.05) is 13.8 Å². The van der Waals surface area contributed by atoms with Gasteiger partial charge in [0.25, 0.3) is 0 Å². The van der Waals surface area contributed by atoms with Crippen molar-refractivity contribution in [2.24, 2.45) is 5.92 Å². The molecule has 1 aromatic rings. The van der Waals surface area contributed by atoms with E-state index in [1.807, 2.05) is 6.92 Å². The summed E-state index contributed by atoms with van der Waals surface area (Å²) in [4.78, 5) is 6.10. The van der Waals surface area contributed by atoms with Crippen LogP contribution >= 0.6 is 11.3 Å². The third kappa shape index (κ3) is 6.50. The number of nitrogens with zero attached hydrogens (tertiary/aromatic N) is 1. The van der Waals surface area contributed by atoms with Crippen LogP contribution in [0.1, 0.15) is 57.1 Å². The lowest BCUT2D eigenvalue weighted by molar-refractivity contribution is 0.133. The molecule has 3 nitrogen and oxygen atoms in total. The summed E-state index contributed by atoms with van der Waals surface area (Å²) >= 11 is 1.78. The van der Waals surface area contributed by atoms with Crippen molar-refractivity contribution in [1.29, 1.82) is 0 Å². The number of thiazole rings is 1. The van der Waals surface area contributed by atoms with Crippen molar-refractivity contribution in [3.63, 3.8) is 0 Å². The second-order valence-corrected chi connectivity index (χ2v) is 7.48. The van der Waals surface area contributed by atoms with E-state index in [-0.39, 0.29) is 5.54 Å². The zero-order valence-electron chi connectivity index (χ0n) is 13.2. The largest absolute Gasteiger partial charge is 0.375 e. The van der Waals surface area contributed by atoms with Crippen LogP contribution in [0.4, 0.5) is 0 Å². The molecule has 0 aliphatic carbocycles. The van der Waals surface area contributed by atoms with Crippen LogP contribution in [0.3, 0.4) is 0 Å². The molecule has 0 radical (unpaired) electrons. The van der Waals surface area contributed by atoms with Crippen molar-refractivity contribution in [1.82, 2.24) is 10.3 Å². The molecule has 1 N–H and O–H groups in total. The Labute approximate surface area is 121 Å². The standard InChI is InChI=1S/C15H28N2OS/c1-7-18-10-14-17-12(8-11(2)3)13(19-14)9-16-15(4,5)6/h11,16H,7-10H2,1-6H3. The van der Waals surface area contributed by atoms with Gasteiger partial charge in [-0.3, -0.25) is 0 Å². The van der Waals surface area contributed by atoms with Gasteiger partial charge in [0.2, 0.25) is 0 Å². The monoisotopic (exact) mass is 284 g/mol. The van der Waals surface area contributed by atoms with E-state index < -0.39 is 0 Å². The molecule has 0 fully saturated rings. The molecule has 0 amide bonds. The minimum absolute atomic E-state index is 0.138. The summed E-state index contributed by atoms with van der Waals surface area (Å²) in [6, 6.07) is 0. The van der Waals surface area contributed by atoms with E-state index in [9.17, 15) is 0 Å². The minimum Gasteiger partial charge on any atom is -0.375 e. The zero-order valence-corrected chi connectivity index (χ0v) is 14.0. The first-order chi connectivity index (χ1) is 8.81. The number of ether oxygens (including phenoxy) is 1. The van der Waals surface area contributed by atoms with Crippen LogP contribution in [-0.4, -0.2) is 17.1 Å². The zero-order chi connectivity index (χ0) is 14.5. The number of hydrogen-bond donors (Lipinski definition) is 1. The maximum Gasteiger partial charge on any atom is 0.119 e. The highest BCUT2D eigenvalue weighted by atomic mass is 32.1. The predicted octanol–water partition coefficient (Wildman–Crippen LogP) is 3.77. The molecule has 19 heavy (non-hydrogen) atoms. The molecule has 0 bridgehead atoms. The smallest absolute Gasteiger partial charge is 0.119 e. The number of hydrogen-bond acceptors (Lipinski definition) is 4. The maximum atomic E-state index is 5.47. The van der Waals surface area contributed by atoms with Crippen LogP contribution in [-0.2, 0) is 24.3 Å². The van der Waals surface area contributed by atoms with Gasteiger partial charge >= 0.3 is 0 Å². The van der Waals surface area contributed by atoms with E-state index in [1.54, 1.807) is 11.3 Å². The van der Waals surface area contributed by atoms with E-state index in [2.05, 4.69) is 39.9 Å². The minimum atomic E-state index is 0.138. The van der Waals surface area contributed by atoms with Gasteiger partial charge in [0, 0.05) is 23.6 Å². The second kappa shape index (κ2) is 7.36. The Morgan fingerprint density at radius 1 is 1.32 bits per heavy atom. The fraction of sp³-hybridized carbons (Fsp3) is 0.800. The molecule has 0 unspecified atom stereocenters. The Morgan fingerprint density at radius 3 is 2.53 bits per heavy atom. The molecular weight excluding hydrogens is 256 g/mol. The van der Waals surface area contributed by atoms with E-state index in [4.69, 9.17) is 9.72 Å². The van der Waals surface area contributed by atoms with Crippen LogP contribution in [0.15, 0.2) is 0 Å². The van der Waals surface area contributed by atoms with Crippen molar-refractivity contribution < 1.29 is 4.74 Å². The summed E-state index contributed by atoms with van der Waals surface area (Å²) in [6.07, 6.45) is 1.05. The number of nitrogens with one attached hydrogen (secondary N) is 1.